The van der Waals surface area contributed by atoms with Crippen LogP contribution in [-0.4, -0.2) is 61.7 Å². The molecule has 2 aliphatic heterocycles. The van der Waals surface area contributed by atoms with E-state index >= 15 is 0 Å². The standard InChI is InChI=1S/C23H28FN3O5S/c1-16-2-7-21(32-16)22(28)25-19-10-12-26(13-11-19)23(29)17-8-14-27(15-9-17)33(30,31)20-5-3-18(24)4-6-20/h2-7,17,19H,8-15H2,1H3,(H,25,28). The summed E-state index contributed by atoms with van der Waals surface area (Å²) in [6, 6.07) is 8.15. The molecule has 2 aromatic rings. The second-order valence-electron chi connectivity index (χ2n) is 8.62. The first-order chi connectivity index (χ1) is 15.7. The number of likely N-dealkylation sites (tertiary alicyclic amines) is 1. The molecule has 0 unspecified atom stereocenters. The summed E-state index contributed by atoms with van der Waals surface area (Å²) in [5, 5.41) is 2.96. The van der Waals surface area contributed by atoms with Gasteiger partial charge in [-0.2, -0.15) is 4.31 Å². The fourth-order valence-corrected chi connectivity index (χ4v) is 5.88. The highest BCUT2D eigenvalue weighted by atomic mass is 32.2. The summed E-state index contributed by atoms with van der Waals surface area (Å²) < 4.78 is 45.4. The van der Waals surface area contributed by atoms with E-state index in [1.807, 2.05) is 4.90 Å². The van der Waals surface area contributed by atoms with Gasteiger partial charge in [0.05, 0.1) is 4.90 Å². The Morgan fingerprint density at radius 2 is 1.61 bits per heavy atom. The third kappa shape index (κ3) is 5.27. The van der Waals surface area contributed by atoms with Gasteiger partial charge in [0, 0.05) is 38.1 Å². The first kappa shape index (κ1) is 23.4. The van der Waals surface area contributed by atoms with E-state index in [4.69, 9.17) is 4.42 Å². The molecule has 2 fully saturated rings. The van der Waals surface area contributed by atoms with Crippen LogP contribution >= 0.6 is 0 Å². The van der Waals surface area contributed by atoms with Gasteiger partial charge in [-0.1, -0.05) is 0 Å². The van der Waals surface area contributed by atoms with Crippen LogP contribution < -0.4 is 5.32 Å². The van der Waals surface area contributed by atoms with Crippen LogP contribution in [0, 0.1) is 18.7 Å². The van der Waals surface area contributed by atoms with Gasteiger partial charge in [0.25, 0.3) is 5.91 Å². The summed E-state index contributed by atoms with van der Waals surface area (Å²) in [7, 11) is -3.70. The molecule has 8 nitrogen and oxygen atoms in total. The Balaban J connectivity index is 1.25. The quantitative estimate of drug-likeness (QED) is 0.714. The predicted molar refractivity (Wildman–Crippen MR) is 118 cm³/mol. The first-order valence-corrected chi connectivity index (χ1v) is 12.6. The highest BCUT2D eigenvalue weighted by Gasteiger charge is 2.35. The molecule has 1 aromatic heterocycles. The van der Waals surface area contributed by atoms with Crippen molar-refractivity contribution in [3.05, 3.63) is 53.7 Å². The topological polar surface area (TPSA) is 99.9 Å². The van der Waals surface area contributed by atoms with Gasteiger partial charge in [-0.25, -0.2) is 12.8 Å². The number of carbonyl (C=O) groups is 2. The Labute approximate surface area is 192 Å². The molecule has 1 N–H and O–H groups in total. The molecule has 0 atom stereocenters. The molecular formula is C23H28FN3O5S. The maximum Gasteiger partial charge on any atom is 0.287 e. The second kappa shape index (κ2) is 9.64. The number of nitrogens with zero attached hydrogens (tertiary/aromatic N) is 2. The summed E-state index contributed by atoms with van der Waals surface area (Å²) in [4.78, 5) is 27.1. The molecule has 2 saturated heterocycles. The van der Waals surface area contributed by atoms with Gasteiger partial charge in [-0.05, 0) is 69.0 Å². The van der Waals surface area contributed by atoms with E-state index in [1.54, 1.807) is 19.1 Å². The third-order valence-electron chi connectivity index (χ3n) is 6.36. The van der Waals surface area contributed by atoms with E-state index in [-0.39, 0.29) is 47.5 Å². The predicted octanol–water partition coefficient (Wildman–Crippen LogP) is 2.55. The minimum absolute atomic E-state index is 0.0188. The highest BCUT2D eigenvalue weighted by Crippen LogP contribution is 2.26. The van der Waals surface area contributed by atoms with Gasteiger partial charge in [-0.3, -0.25) is 9.59 Å². The van der Waals surface area contributed by atoms with Crippen LogP contribution in [0.3, 0.4) is 0 Å². The van der Waals surface area contributed by atoms with Gasteiger partial charge in [-0.15, -0.1) is 0 Å². The maximum absolute atomic E-state index is 13.1. The lowest BCUT2D eigenvalue weighted by molar-refractivity contribution is -0.137. The van der Waals surface area contributed by atoms with Crippen LogP contribution in [0.5, 0.6) is 0 Å². The van der Waals surface area contributed by atoms with Crippen molar-refractivity contribution in [3.63, 3.8) is 0 Å². The first-order valence-electron chi connectivity index (χ1n) is 11.2. The van der Waals surface area contributed by atoms with E-state index in [2.05, 4.69) is 5.32 Å². The fraction of sp³-hybridized carbons (Fsp3) is 0.478. The molecule has 178 valence electrons. The minimum atomic E-state index is -3.70. The number of halogens is 1. The lowest BCUT2D eigenvalue weighted by Gasteiger charge is -2.37. The zero-order valence-electron chi connectivity index (χ0n) is 18.5. The van der Waals surface area contributed by atoms with Crippen LogP contribution in [0.2, 0.25) is 0 Å². The Kier molecular flexibility index (Phi) is 6.85. The molecule has 3 heterocycles. The Hall–Kier alpha value is -2.72. The van der Waals surface area contributed by atoms with E-state index in [9.17, 15) is 22.4 Å². The van der Waals surface area contributed by atoms with Crippen molar-refractivity contribution >= 4 is 21.8 Å². The molecule has 4 rings (SSSR count). The van der Waals surface area contributed by atoms with E-state index < -0.39 is 15.8 Å². The summed E-state index contributed by atoms with van der Waals surface area (Å²) in [5.74, 6) is 0.0490. The fourth-order valence-electron chi connectivity index (χ4n) is 4.41. The zero-order valence-corrected chi connectivity index (χ0v) is 19.3. The Bertz CT molecular complexity index is 1100. The largest absolute Gasteiger partial charge is 0.456 e. The number of hydrogen-bond acceptors (Lipinski definition) is 5. The maximum atomic E-state index is 13.1. The lowest BCUT2D eigenvalue weighted by atomic mass is 9.95. The van der Waals surface area contributed by atoms with Gasteiger partial charge < -0.3 is 14.6 Å². The third-order valence-corrected chi connectivity index (χ3v) is 8.27. The van der Waals surface area contributed by atoms with Crippen molar-refractivity contribution in [3.8, 4) is 0 Å². The summed E-state index contributed by atoms with van der Waals surface area (Å²) >= 11 is 0. The number of benzene rings is 1. The van der Waals surface area contributed by atoms with Gasteiger partial charge in [0.1, 0.15) is 11.6 Å². The molecule has 0 aliphatic carbocycles. The van der Waals surface area contributed by atoms with Gasteiger partial charge in [0.2, 0.25) is 15.9 Å². The number of aryl methyl sites for hydroxylation is 1. The van der Waals surface area contributed by atoms with Crippen LogP contribution in [0.15, 0.2) is 45.7 Å². The van der Waals surface area contributed by atoms with Crippen molar-refractivity contribution in [1.29, 1.82) is 0 Å². The molecule has 0 radical (unpaired) electrons. The molecule has 10 heteroatoms. The number of nitrogens with one attached hydrogen (secondary N) is 1. The summed E-state index contributed by atoms with van der Waals surface area (Å²) in [5.41, 5.74) is 0. The molecule has 2 aliphatic rings. The average molecular weight is 478 g/mol. The van der Waals surface area contributed by atoms with E-state index in [0.717, 1.165) is 12.1 Å². The average Bonchev–Trinajstić information content (AvgIpc) is 3.26. The second-order valence-corrected chi connectivity index (χ2v) is 10.6. The van der Waals surface area contributed by atoms with Gasteiger partial charge in [0.15, 0.2) is 5.76 Å². The molecule has 0 saturated carbocycles. The summed E-state index contributed by atoms with van der Waals surface area (Å²) in [6.45, 7) is 3.39. The smallest absolute Gasteiger partial charge is 0.287 e. The van der Waals surface area contributed by atoms with Crippen molar-refractivity contribution in [1.82, 2.24) is 14.5 Å². The lowest BCUT2D eigenvalue weighted by Crippen LogP contribution is -2.49. The van der Waals surface area contributed by atoms with E-state index in [1.165, 1.54) is 16.4 Å². The van der Waals surface area contributed by atoms with Crippen LogP contribution in [0.25, 0.3) is 0 Å². The minimum Gasteiger partial charge on any atom is -0.456 e. The number of piperidine rings is 2. The molecule has 33 heavy (non-hydrogen) atoms. The zero-order chi connectivity index (χ0) is 23.6. The monoisotopic (exact) mass is 477 g/mol. The SMILES string of the molecule is Cc1ccc(C(=O)NC2CCN(C(=O)C3CCN(S(=O)(=O)c4ccc(F)cc4)CC3)CC2)o1. The molecule has 2 amide bonds. The number of hydrogen-bond donors (Lipinski definition) is 1. The number of furan rings is 1. The van der Waals surface area contributed by atoms with Crippen LogP contribution in [0.4, 0.5) is 4.39 Å². The van der Waals surface area contributed by atoms with Crippen molar-refractivity contribution < 1.29 is 26.8 Å². The number of carbonyl (C=O) groups excluding carboxylic acids is 2. The Morgan fingerprint density at radius 1 is 0.970 bits per heavy atom. The van der Waals surface area contributed by atoms with Gasteiger partial charge >= 0.3 is 0 Å². The van der Waals surface area contributed by atoms with Crippen LogP contribution in [-0.2, 0) is 14.8 Å². The van der Waals surface area contributed by atoms with Crippen molar-refractivity contribution in [2.75, 3.05) is 26.2 Å². The van der Waals surface area contributed by atoms with Crippen molar-refractivity contribution in [2.45, 2.75) is 43.5 Å². The van der Waals surface area contributed by atoms with E-state index in [0.29, 0.717) is 44.5 Å². The number of sulfonamides is 1. The normalized spacial score (nSPS) is 18.9. The van der Waals surface area contributed by atoms with Crippen molar-refractivity contribution in [2.24, 2.45) is 5.92 Å². The van der Waals surface area contributed by atoms with Crippen LogP contribution in [0.1, 0.15) is 42.0 Å². The summed E-state index contributed by atoms with van der Waals surface area (Å²) in [6.07, 6.45) is 2.23. The highest BCUT2D eigenvalue weighted by molar-refractivity contribution is 7.89. The molecular weight excluding hydrogens is 449 g/mol. The number of amides is 2. The number of rotatable bonds is 5. The molecule has 0 bridgehead atoms. The molecule has 1 aromatic carbocycles. The molecule has 0 spiro atoms. The Morgan fingerprint density at radius 3 is 2.18 bits per heavy atom.